The van der Waals surface area contributed by atoms with Gasteiger partial charge in [0.1, 0.15) is 0 Å². The first kappa shape index (κ1) is 19.0. The number of rotatable bonds is 4. The number of hydrogen-bond acceptors (Lipinski definition) is 2. The number of aliphatic imine (C=N–C) groups is 1. The van der Waals surface area contributed by atoms with Crippen LogP contribution in [0, 0.1) is 11.3 Å². The highest BCUT2D eigenvalue weighted by atomic mass is 127. The van der Waals surface area contributed by atoms with E-state index in [0.29, 0.717) is 29.4 Å². The third-order valence-corrected chi connectivity index (χ3v) is 6.50. The number of nitrogens with one attached hydrogen (secondary N) is 2. The van der Waals surface area contributed by atoms with E-state index in [1.807, 2.05) is 7.05 Å². The van der Waals surface area contributed by atoms with Crippen molar-refractivity contribution >= 4 is 29.9 Å². The van der Waals surface area contributed by atoms with Gasteiger partial charge in [0.15, 0.2) is 5.96 Å². The molecule has 3 aliphatic rings. The van der Waals surface area contributed by atoms with Crippen molar-refractivity contribution in [3.63, 3.8) is 0 Å². The van der Waals surface area contributed by atoms with E-state index in [1.54, 1.807) is 0 Å². The fraction of sp³-hybridized carbons (Fsp3) is 0.650. The van der Waals surface area contributed by atoms with Crippen LogP contribution in [0.15, 0.2) is 35.3 Å². The van der Waals surface area contributed by atoms with E-state index in [2.05, 4.69) is 52.9 Å². The van der Waals surface area contributed by atoms with Crippen molar-refractivity contribution in [2.24, 2.45) is 16.3 Å². The normalized spacial score (nSPS) is 30.5. The zero-order chi connectivity index (χ0) is 16.6. The lowest BCUT2D eigenvalue weighted by molar-refractivity contribution is -0.171. The van der Waals surface area contributed by atoms with Crippen LogP contribution < -0.4 is 10.6 Å². The molecule has 1 aromatic carbocycles. The third kappa shape index (κ3) is 3.29. The van der Waals surface area contributed by atoms with Crippen LogP contribution in [0.2, 0.25) is 0 Å². The summed E-state index contributed by atoms with van der Waals surface area (Å²) in [6.07, 6.45) is 5.67. The second kappa shape index (κ2) is 7.82. The lowest BCUT2D eigenvalue weighted by Gasteiger charge is -2.63. The Hall–Kier alpha value is -0.820. The summed E-state index contributed by atoms with van der Waals surface area (Å²) in [4.78, 5) is 4.47. The molecule has 1 spiro atoms. The van der Waals surface area contributed by atoms with Crippen molar-refractivity contribution in [1.29, 1.82) is 0 Å². The van der Waals surface area contributed by atoms with Gasteiger partial charge in [0, 0.05) is 37.6 Å². The van der Waals surface area contributed by atoms with Gasteiger partial charge in [-0.15, -0.1) is 24.0 Å². The Morgan fingerprint density at radius 1 is 1.32 bits per heavy atom. The molecule has 2 saturated carbocycles. The van der Waals surface area contributed by atoms with Gasteiger partial charge in [0.25, 0.3) is 0 Å². The Morgan fingerprint density at radius 2 is 2.08 bits per heavy atom. The van der Waals surface area contributed by atoms with Crippen LogP contribution in [0.4, 0.5) is 0 Å². The van der Waals surface area contributed by atoms with Crippen molar-refractivity contribution in [1.82, 2.24) is 10.6 Å². The third-order valence-electron chi connectivity index (χ3n) is 6.50. The molecule has 0 aromatic heterocycles. The molecule has 1 saturated heterocycles. The van der Waals surface area contributed by atoms with E-state index in [1.165, 1.54) is 31.2 Å². The second-order valence-electron chi connectivity index (χ2n) is 7.72. The van der Waals surface area contributed by atoms with Crippen molar-refractivity contribution < 1.29 is 4.74 Å². The number of guanidine groups is 1. The van der Waals surface area contributed by atoms with Crippen molar-refractivity contribution in [2.45, 2.75) is 50.7 Å². The Labute approximate surface area is 168 Å². The molecule has 0 amide bonds. The quantitative estimate of drug-likeness (QED) is 0.415. The molecule has 2 N–H and O–H groups in total. The largest absolute Gasteiger partial charge is 0.377 e. The molecule has 0 radical (unpaired) electrons. The summed E-state index contributed by atoms with van der Waals surface area (Å²) in [7, 11) is 1.87. The minimum atomic E-state index is 0. The number of benzene rings is 1. The minimum absolute atomic E-state index is 0. The molecule has 4 nitrogen and oxygen atoms in total. The van der Waals surface area contributed by atoms with E-state index in [9.17, 15) is 0 Å². The first-order valence-electron chi connectivity index (χ1n) is 9.38. The Morgan fingerprint density at radius 3 is 2.72 bits per heavy atom. The summed E-state index contributed by atoms with van der Waals surface area (Å²) >= 11 is 0. The maximum atomic E-state index is 6.01. The molecule has 25 heavy (non-hydrogen) atoms. The summed E-state index contributed by atoms with van der Waals surface area (Å²) in [5, 5.41) is 7.26. The maximum absolute atomic E-state index is 6.01. The standard InChI is InChI=1S/C20H29N3O.HI/c1-14(15-7-4-3-5-8-15)13-22-19(21-2)23-17-16-9-12-24-18(16)20(17)10-6-11-20;/h3-5,7-8,14,16-18H,6,9-13H2,1-2H3,(H2,21,22,23);1H. The van der Waals surface area contributed by atoms with Crippen LogP contribution >= 0.6 is 24.0 Å². The second-order valence-corrected chi connectivity index (χ2v) is 7.72. The number of hydrogen-bond donors (Lipinski definition) is 2. The van der Waals surface area contributed by atoms with Gasteiger partial charge in [-0.1, -0.05) is 43.7 Å². The molecule has 1 aliphatic heterocycles. The molecule has 1 aromatic rings. The van der Waals surface area contributed by atoms with E-state index in [-0.39, 0.29) is 24.0 Å². The number of ether oxygens (including phenoxy) is 1. The monoisotopic (exact) mass is 455 g/mol. The van der Waals surface area contributed by atoms with E-state index < -0.39 is 0 Å². The summed E-state index contributed by atoms with van der Waals surface area (Å²) in [5.74, 6) is 2.08. The van der Waals surface area contributed by atoms with Gasteiger partial charge in [0.05, 0.1) is 6.10 Å². The smallest absolute Gasteiger partial charge is 0.191 e. The highest BCUT2D eigenvalue weighted by Crippen LogP contribution is 2.62. The molecule has 5 heteroatoms. The molecular formula is C20H30IN3O. The minimum Gasteiger partial charge on any atom is -0.377 e. The molecular weight excluding hydrogens is 425 g/mol. The van der Waals surface area contributed by atoms with Crippen LogP contribution in [0.1, 0.15) is 44.1 Å². The van der Waals surface area contributed by atoms with Crippen LogP contribution in [0.5, 0.6) is 0 Å². The highest BCUT2D eigenvalue weighted by molar-refractivity contribution is 14.0. The van der Waals surface area contributed by atoms with E-state index in [4.69, 9.17) is 4.74 Å². The first-order valence-corrected chi connectivity index (χ1v) is 9.38. The SMILES string of the molecule is CN=C(NCC(C)c1ccccc1)NC1C2CCOC2C12CCC2.I. The van der Waals surface area contributed by atoms with Crippen LogP contribution in [0.3, 0.4) is 0 Å². The maximum Gasteiger partial charge on any atom is 0.191 e. The van der Waals surface area contributed by atoms with Gasteiger partial charge in [-0.25, -0.2) is 0 Å². The fourth-order valence-electron chi connectivity index (χ4n) is 4.95. The average molecular weight is 455 g/mol. The Bertz CT molecular complexity index is 602. The predicted molar refractivity (Wildman–Crippen MR) is 113 cm³/mol. The Kier molecular flexibility index (Phi) is 5.93. The van der Waals surface area contributed by atoms with Crippen LogP contribution in [-0.4, -0.2) is 38.3 Å². The first-order chi connectivity index (χ1) is 11.7. The number of nitrogens with zero attached hydrogens (tertiary/aromatic N) is 1. The number of halogens is 1. The average Bonchev–Trinajstić information content (AvgIpc) is 2.99. The predicted octanol–water partition coefficient (Wildman–Crippen LogP) is 3.53. The molecule has 1 heterocycles. The van der Waals surface area contributed by atoms with Gasteiger partial charge in [0.2, 0.25) is 0 Å². The molecule has 4 rings (SSSR count). The number of fused-ring (bicyclic) bond motifs is 2. The van der Waals surface area contributed by atoms with E-state index in [0.717, 1.165) is 19.1 Å². The molecule has 4 unspecified atom stereocenters. The highest BCUT2D eigenvalue weighted by Gasteiger charge is 2.66. The van der Waals surface area contributed by atoms with Gasteiger partial charge < -0.3 is 15.4 Å². The molecule has 4 atom stereocenters. The molecule has 2 aliphatic carbocycles. The van der Waals surface area contributed by atoms with Gasteiger partial charge in [-0.05, 0) is 30.7 Å². The zero-order valence-electron chi connectivity index (χ0n) is 15.2. The van der Waals surface area contributed by atoms with Gasteiger partial charge >= 0.3 is 0 Å². The lowest BCUT2D eigenvalue weighted by atomic mass is 9.46. The van der Waals surface area contributed by atoms with Crippen LogP contribution in [-0.2, 0) is 4.74 Å². The zero-order valence-corrected chi connectivity index (χ0v) is 17.5. The van der Waals surface area contributed by atoms with Crippen LogP contribution in [0.25, 0.3) is 0 Å². The van der Waals surface area contributed by atoms with Gasteiger partial charge in [-0.3, -0.25) is 4.99 Å². The lowest BCUT2D eigenvalue weighted by Crippen LogP contribution is -2.72. The van der Waals surface area contributed by atoms with Crippen molar-refractivity contribution in [3.05, 3.63) is 35.9 Å². The van der Waals surface area contributed by atoms with Crippen molar-refractivity contribution in [3.8, 4) is 0 Å². The summed E-state index contributed by atoms with van der Waals surface area (Å²) in [6.45, 7) is 4.09. The topological polar surface area (TPSA) is 45.7 Å². The summed E-state index contributed by atoms with van der Waals surface area (Å²) in [5.41, 5.74) is 1.76. The van der Waals surface area contributed by atoms with Gasteiger partial charge in [-0.2, -0.15) is 0 Å². The Balaban J connectivity index is 0.00000182. The summed E-state index contributed by atoms with van der Waals surface area (Å²) in [6, 6.07) is 11.2. The fourth-order valence-corrected chi connectivity index (χ4v) is 4.95. The summed E-state index contributed by atoms with van der Waals surface area (Å²) < 4.78 is 6.01. The van der Waals surface area contributed by atoms with E-state index >= 15 is 0 Å². The van der Waals surface area contributed by atoms with Crippen molar-refractivity contribution in [2.75, 3.05) is 20.2 Å². The molecule has 0 bridgehead atoms. The molecule has 138 valence electrons. The molecule has 3 fully saturated rings.